The van der Waals surface area contributed by atoms with E-state index < -0.39 is 0 Å². The van der Waals surface area contributed by atoms with Gasteiger partial charge >= 0.3 is 0 Å². The summed E-state index contributed by atoms with van der Waals surface area (Å²) in [6.07, 6.45) is 0. The number of nitroso groups, excluding NO2 is 1. The molecular formula is C21H18N2O3. The molecule has 0 radical (unpaired) electrons. The van der Waals surface area contributed by atoms with E-state index in [9.17, 15) is 10.0 Å². The molecule has 26 heavy (non-hydrogen) atoms. The van der Waals surface area contributed by atoms with Crippen LogP contribution in [0.2, 0.25) is 0 Å². The molecule has 4 rings (SSSR count). The second-order valence-electron chi connectivity index (χ2n) is 6.24. The van der Waals surface area contributed by atoms with Gasteiger partial charge in [-0.25, -0.2) is 0 Å². The molecule has 5 nitrogen and oxygen atoms in total. The molecule has 1 N–H and O–H groups in total. The van der Waals surface area contributed by atoms with E-state index in [-0.39, 0.29) is 11.6 Å². The van der Waals surface area contributed by atoms with Gasteiger partial charge in [0, 0.05) is 5.39 Å². The molecule has 0 fully saturated rings. The van der Waals surface area contributed by atoms with Crippen LogP contribution in [-0.2, 0) is 6.54 Å². The van der Waals surface area contributed by atoms with Crippen molar-refractivity contribution in [3.63, 3.8) is 0 Å². The van der Waals surface area contributed by atoms with Gasteiger partial charge in [-0.1, -0.05) is 42.5 Å². The van der Waals surface area contributed by atoms with Gasteiger partial charge in [0.05, 0.1) is 12.1 Å². The van der Waals surface area contributed by atoms with E-state index in [1.807, 2.05) is 61.5 Å². The zero-order valence-electron chi connectivity index (χ0n) is 14.3. The van der Waals surface area contributed by atoms with Crippen LogP contribution in [0.1, 0.15) is 5.56 Å². The third-order valence-electron chi connectivity index (χ3n) is 4.64. The molecule has 3 aromatic carbocycles. The molecular weight excluding hydrogens is 328 g/mol. The average molecular weight is 346 g/mol. The van der Waals surface area contributed by atoms with E-state index in [0.29, 0.717) is 18.5 Å². The van der Waals surface area contributed by atoms with Crippen LogP contribution < -0.4 is 4.74 Å². The third kappa shape index (κ3) is 2.67. The lowest BCUT2D eigenvalue weighted by Gasteiger charge is -2.10. The summed E-state index contributed by atoms with van der Waals surface area (Å²) in [7, 11) is 0. The Bertz CT molecular complexity index is 1120. The van der Waals surface area contributed by atoms with Gasteiger partial charge in [-0.2, -0.15) is 0 Å². The smallest absolute Gasteiger partial charge is 0.222 e. The highest BCUT2D eigenvalue weighted by Gasteiger charge is 2.18. The highest BCUT2D eigenvalue weighted by molar-refractivity contribution is 5.97. The molecule has 0 aliphatic heterocycles. The number of aryl methyl sites for hydroxylation is 1. The minimum atomic E-state index is -0.119. The molecule has 1 aromatic heterocycles. The first kappa shape index (κ1) is 16.1. The fourth-order valence-corrected chi connectivity index (χ4v) is 3.36. The summed E-state index contributed by atoms with van der Waals surface area (Å²) in [5.41, 5.74) is 1.77. The maximum absolute atomic E-state index is 11.2. The van der Waals surface area contributed by atoms with E-state index in [1.165, 1.54) is 0 Å². The van der Waals surface area contributed by atoms with Gasteiger partial charge < -0.3 is 14.4 Å². The van der Waals surface area contributed by atoms with Crippen molar-refractivity contribution in [1.82, 2.24) is 4.57 Å². The van der Waals surface area contributed by atoms with E-state index in [4.69, 9.17) is 4.74 Å². The molecule has 5 heteroatoms. The van der Waals surface area contributed by atoms with Gasteiger partial charge in [0.1, 0.15) is 12.4 Å². The van der Waals surface area contributed by atoms with Gasteiger partial charge in [0.2, 0.25) is 5.88 Å². The number of fused-ring (bicyclic) bond motifs is 2. The number of aromatic hydroxyl groups is 1. The number of rotatable bonds is 5. The molecule has 0 amide bonds. The Morgan fingerprint density at radius 1 is 1.04 bits per heavy atom. The summed E-state index contributed by atoms with van der Waals surface area (Å²) in [5.74, 6) is 0.649. The normalized spacial score (nSPS) is 11.1. The molecule has 0 saturated carbocycles. The molecule has 1 heterocycles. The van der Waals surface area contributed by atoms with Crippen molar-refractivity contribution in [3.05, 3.63) is 71.1 Å². The second kappa shape index (κ2) is 6.52. The first-order chi connectivity index (χ1) is 12.7. The third-order valence-corrected chi connectivity index (χ3v) is 4.64. The highest BCUT2D eigenvalue weighted by Crippen LogP contribution is 2.40. The van der Waals surface area contributed by atoms with E-state index in [0.717, 1.165) is 27.6 Å². The molecule has 0 saturated heterocycles. The molecule has 0 aliphatic rings. The Hall–Kier alpha value is -3.34. The number of nitrogens with zero attached hydrogens (tertiary/aromatic N) is 2. The predicted octanol–water partition coefficient (Wildman–Crippen LogP) is 5.29. The Balaban J connectivity index is 1.59. The average Bonchev–Trinajstić information content (AvgIpc) is 2.94. The number of aromatic nitrogens is 1. The van der Waals surface area contributed by atoms with Gasteiger partial charge in [-0.3, -0.25) is 0 Å². The highest BCUT2D eigenvalue weighted by atomic mass is 16.5. The number of ether oxygens (including phenoxy) is 1. The van der Waals surface area contributed by atoms with Gasteiger partial charge in [-0.15, -0.1) is 4.91 Å². The predicted molar refractivity (Wildman–Crippen MR) is 103 cm³/mol. The van der Waals surface area contributed by atoms with Crippen LogP contribution in [0.4, 0.5) is 5.69 Å². The summed E-state index contributed by atoms with van der Waals surface area (Å²) < 4.78 is 7.52. The van der Waals surface area contributed by atoms with Crippen LogP contribution in [0.5, 0.6) is 11.6 Å². The van der Waals surface area contributed by atoms with Gasteiger partial charge in [0.25, 0.3) is 0 Å². The van der Waals surface area contributed by atoms with Crippen LogP contribution in [-0.4, -0.2) is 16.3 Å². The van der Waals surface area contributed by atoms with Crippen LogP contribution in [0, 0.1) is 11.8 Å². The van der Waals surface area contributed by atoms with Crippen molar-refractivity contribution in [1.29, 1.82) is 0 Å². The van der Waals surface area contributed by atoms with Crippen LogP contribution >= 0.6 is 0 Å². The Morgan fingerprint density at radius 2 is 1.85 bits per heavy atom. The first-order valence-electron chi connectivity index (χ1n) is 8.45. The molecule has 0 atom stereocenters. The second-order valence-corrected chi connectivity index (χ2v) is 6.24. The molecule has 0 aliphatic carbocycles. The monoisotopic (exact) mass is 346 g/mol. The fraction of sp³-hybridized carbons (Fsp3) is 0.143. The zero-order chi connectivity index (χ0) is 18.1. The molecule has 0 bridgehead atoms. The fourth-order valence-electron chi connectivity index (χ4n) is 3.36. The van der Waals surface area contributed by atoms with Crippen LogP contribution in [0.15, 0.2) is 65.8 Å². The minimum absolute atomic E-state index is 0.0869. The largest absolute Gasteiger partial charge is 0.493 e. The summed E-state index contributed by atoms with van der Waals surface area (Å²) in [5, 5.41) is 16.4. The Morgan fingerprint density at radius 3 is 2.65 bits per heavy atom. The summed E-state index contributed by atoms with van der Waals surface area (Å²) in [6.45, 7) is 2.67. The van der Waals surface area contributed by atoms with Crippen molar-refractivity contribution in [2.75, 3.05) is 6.61 Å². The van der Waals surface area contributed by atoms with E-state index in [2.05, 4.69) is 11.2 Å². The number of hydrogen-bond donors (Lipinski definition) is 1. The Kier molecular flexibility index (Phi) is 4.05. The molecule has 4 aromatic rings. The minimum Gasteiger partial charge on any atom is -0.493 e. The van der Waals surface area contributed by atoms with E-state index in [1.54, 1.807) is 4.57 Å². The molecule has 0 spiro atoms. The standard InChI is InChI=1S/C21H18N2O3/c1-14-5-4-8-18-19(14)20(22-25)21(24)23(18)11-12-26-17-10-9-15-6-2-3-7-16(15)13-17/h2-10,13,24H,11-12H2,1H3. The van der Waals surface area contributed by atoms with E-state index >= 15 is 0 Å². The number of benzene rings is 3. The molecule has 0 unspecified atom stereocenters. The summed E-state index contributed by atoms with van der Waals surface area (Å²) >= 11 is 0. The quantitative estimate of drug-likeness (QED) is 0.500. The van der Waals surface area contributed by atoms with Crippen molar-refractivity contribution in [2.24, 2.45) is 5.18 Å². The summed E-state index contributed by atoms with van der Waals surface area (Å²) in [6, 6.07) is 19.7. The van der Waals surface area contributed by atoms with Crippen molar-refractivity contribution >= 4 is 27.4 Å². The lowest BCUT2D eigenvalue weighted by atomic mass is 10.1. The zero-order valence-corrected chi connectivity index (χ0v) is 14.3. The van der Waals surface area contributed by atoms with Gasteiger partial charge in [-0.05, 0) is 46.6 Å². The van der Waals surface area contributed by atoms with Crippen molar-refractivity contribution < 1.29 is 9.84 Å². The van der Waals surface area contributed by atoms with Crippen LogP contribution in [0.3, 0.4) is 0 Å². The molecule has 130 valence electrons. The van der Waals surface area contributed by atoms with Crippen LogP contribution in [0.25, 0.3) is 21.7 Å². The SMILES string of the molecule is Cc1cccc2c1c(N=O)c(O)n2CCOc1ccc2ccccc2c1. The number of hydrogen-bond acceptors (Lipinski definition) is 4. The van der Waals surface area contributed by atoms with Gasteiger partial charge in [0.15, 0.2) is 5.69 Å². The topological polar surface area (TPSA) is 63.8 Å². The van der Waals surface area contributed by atoms with Crippen molar-refractivity contribution in [2.45, 2.75) is 13.5 Å². The summed E-state index contributed by atoms with van der Waals surface area (Å²) in [4.78, 5) is 11.2. The van der Waals surface area contributed by atoms with Crippen molar-refractivity contribution in [3.8, 4) is 11.6 Å². The lowest BCUT2D eigenvalue weighted by Crippen LogP contribution is -2.07. The maximum Gasteiger partial charge on any atom is 0.222 e. The Labute approximate surface area is 150 Å². The lowest BCUT2D eigenvalue weighted by molar-refractivity contribution is 0.291. The first-order valence-corrected chi connectivity index (χ1v) is 8.45. The maximum atomic E-state index is 11.2.